The van der Waals surface area contributed by atoms with E-state index in [0.29, 0.717) is 11.3 Å². The number of halogens is 1. The van der Waals surface area contributed by atoms with E-state index in [1.807, 2.05) is 0 Å². The SMILES string of the molecule is COc1ccc(F)cc1COC(=O)[C@H](NC(=O)c1ccco1)C(C)C. The average Bonchev–Trinajstić information content (AvgIpc) is 3.12. The van der Waals surface area contributed by atoms with Crippen LogP contribution in [0.25, 0.3) is 0 Å². The number of carbonyl (C=O) groups is 2. The lowest BCUT2D eigenvalue weighted by molar-refractivity contribution is -0.148. The van der Waals surface area contributed by atoms with E-state index in [4.69, 9.17) is 13.9 Å². The highest BCUT2D eigenvalue weighted by Gasteiger charge is 2.27. The molecule has 7 heteroatoms. The van der Waals surface area contributed by atoms with E-state index in [1.54, 1.807) is 19.9 Å². The van der Waals surface area contributed by atoms with Crippen LogP contribution in [0.15, 0.2) is 41.0 Å². The Bertz CT molecular complexity index is 727. The molecule has 0 aliphatic rings. The number of nitrogens with one attached hydrogen (secondary N) is 1. The average molecular weight is 349 g/mol. The van der Waals surface area contributed by atoms with Crippen LogP contribution in [0.1, 0.15) is 30.0 Å². The topological polar surface area (TPSA) is 77.8 Å². The van der Waals surface area contributed by atoms with Crippen LogP contribution < -0.4 is 10.1 Å². The van der Waals surface area contributed by atoms with Crippen molar-refractivity contribution in [2.45, 2.75) is 26.5 Å². The van der Waals surface area contributed by atoms with Crippen molar-refractivity contribution in [2.75, 3.05) is 7.11 Å². The van der Waals surface area contributed by atoms with E-state index >= 15 is 0 Å². The maximum absolute atomic E-state index is 13.4. The van der Waals surface area contributed by atoms with Crippen molar-refractivity contribution in [2.24, 2.45) is 5.92 Å². The molecule has 1 aromatic carbocycles. The third-order valence-corrected chi connectivity index (χ3v) is 3.56. The molecule has 2 rings (SSSR count). The zero-order chi connectivity index (χ0) is 18.4. The molecule has 25 heavy (non-hydrogen) atoms. The van der Waals surface area contributed by atoms with E-state index in [-0.39, 0.29) is 18.3 Å². The first-order valence-corrected chi connectivity index (χ1v) is 7.75. The summed E-state index contributed by atoms with van der Waals surface area (Å²) < 4.78 is 28.7. The second-order valence-corrected chi connectivity index (χ2v) is 5.74. The standard InChI is InChI=1S/C18H20FNO5/c1-11(2)16(20-17(21)15-5-4-8-24-15)18(22)25-10-12-9-13(19)6-7-14(12)23-3/h4-9,11,16H,10H2,1-3H3,(H,20,21)/t16-/m1/s1. The molecule has 2 aromatic rings. The van der Waals surface area contributed by atoms with Gasteiger partial charge in [0, 0.05) is 5.56 Å². The van der Waals surface area contributed by atoms with Gasteiger partial charge in [0.1, 0.15) is 24.2 Å². The maximum atomic E-state index is 13.4. The molecule has 0 radical (unpaired) electrons. The Labute approximate surface area is 144 Å². The number of benzene rings is 1. The monoisotopic (exact) mass is 349 g/mol. The molecule has 1 atom stereocenters. The Morgan fingerprint density at radius 1 is 1.28 bits per heavy atom. The Morgan fingerprint density at radius 3 is 2.64 bits per heavy atom. The zero-order valence-corrected chi connectivity index (χ0v) is 14.2. The first kappa shape index (κ1) is 18.5. The second-order valence-electron chi connectivity index (χ2n) is 5.74. The molecule has 0 saturated heterocycles. The van der Waals surface area contributed by atoms with Crippen LogP contribution in [0.2, 0.25) is 0 Å². The summed E-state index contributed by atoms with van der Waals surface area (Å²) in [6.07, 6.45) is 1.37. The molecule has 1 amide bonds. The summed E-state index contributed by atoms with van der Waals surface area (Å²) in [5.74, 6) is -1.29. The van der Waals surface area contributed by atoms with Crippen LogP contribution in [-0.2, 0) is 16.1 Å². The molecular formula is C18H20FNO5. The van der Waals surface area contributed by atoms with Crippen molar-refractivity contribution in [1.29, 1.82) is 0 Å². The first-order chi connectivity index (χ1) is 11.9. The summed E-state index contributed by atoms with van der Waals surface area (Å²) in [5, 5.41) is 2.58. The minimum absolute atomic E-state index is 0.102. The van der Waals surface area contributed by atoms with Crippen LogP contribution in [0.4, 0.5) is 4.39 Å². The molecular weight excluding hydrogens is 329 g/mol. The molecule has 0 unspecified atom stereocenters. The molecule has 1 N–H and O–H groups in total. The summed E-state index contributed by atoms with van der Waals surface area (Å²) in [5.41, 5.74) is 0.399. The second kappa shape index (κ2) is 8.32. The van der Waals surface area contributed by atoms with Gasteiger partial charge in [-0.15, -0.1) is 0 Å². The smallest absolute Gasteiger partial charge is 0.329 e. The van der Waals surface area contributed by atoms with Crippen LogP contribution in [-0.4, -0.2) is 25.0 Å². The van der Waals surface area contributed by atoms with Crippen molar-refractivity contribution in [3.8, 4) is 5.75 Å². The van der Waals surface area contributed by atoms with Crippen molar-refractivity contribution in [3.63, 3.8) is 0 Å². The summed E-state index contributed by atoms with van der Waals surface area (Å²) in [6.45, 7) is 3.38. The zero-order valence-electron chi connectivity index (χ0n) is 14.2. The van der Waals surface area contributed by atoms with Crippen LogP contribution in [0, 0.1) is 11.7 Å². The van der Waals surface area contributed by atoms with Gasteiger partial charge in [0.15, 0.2) is 5.76 Å². The molecule has 0 fully saturated rings. The van der Waals surface area contributed by atoms with Crippen LogP contribution in [0.3, 0.4) is 0 Å². The summed E-state index contributed by atoms with van der Waals surface area (Å²) in [6, 6.07) is 6.15. The fraction of sp³-hybridized carbons (Fsp3) is 0.333. The summed E-state index contributed by atoms with van der Waals surface area (Å²) in [4.78, 5) is 24.4. The van der Waals surface area contributed by atoms with Gasteiger partial charge < -0.3 is 19.2 Å². The molecule has 6 nitrogen and oxygen atoms in total. The number of esters is 1. The number of carbonyl (C=O) groups excluding carboxylic acids is 2. The van der Waals surface area contributed by atoms with Crippen molar-refractivity contribution >= 4 is 11.9 Å². The van der Waals surface area contributed by atoms with Gasteiger partial charge in [-0.2, -0.15) is 0 Å². The Morgan fingerprint density at radius 2 is 2.04 bits per heavy atom. The van der Waals surface area contributed by atoms with Crippen molar-refractivity contribution in [1.82, 2.24) is 5.32 Å². The van der Waals surface area contributed by atoms with Crippen molar-refractivity contribution in [3.05, 3.63) is 53.7 Å². The highest BCUT2D eigenvalue weighted by Crippen LogP contribution is 2.20. The Kier molecular flexibility index (Phi) is 6.16. The molecule has 0 saturated carbocycles. The third-order valence-electron chi connectivity index (χ3n) is 3.56. The first-order valence-electron chi connectivity index (χ1n) is 7.75. The van der Waals surface area contributed by atoms with Gasteiger partial charge in [0.05, 0.1) is 13.4 Å². The van der Waals surface area contributed by atoms with E-state index in [0.717, 1.165) is 0 Å². The largest absolute Gasteiger partial charge is 0.496 e. The number of methoxy groups -OCH3 is 1. The van der Waals surface area contributed by atoms with Gasteiger partial charge in [-0.1, -0.05) is 13.8 Å². The highest BCUT2D eigenvalue weighted by molar-refractivity contribution is 5.94. The lowest BCUT2D eigenvalue weighted by Gasteiger charge is -2.20. The Hall–Kier alpha value is -2.83. The predicted octanol–water partition coefficient (Wildman–Crippen LogP) is 2.93. The normalized spacial score (nSPS) is 11.9. The number of amides is 1. The van der Waals surface area contributed by atoms with Gasteiger partial charge in [0.25, 0.3) is 5.91 Å². The predicted molar refractivity (Wildman–Crippen MR) is 87.5 cm³/mol. The summed E-state index contributed by atoms with van der Waals surface area (Å²) in [7, 11) is 1.44. The minimum atomic E-state index is -0.864. The number of hydrogen-bond donors (Lipinski definition) is 1. The quantitative estimate of drug-likeness (QED) is 0.778. The van der Waals surface area contributed by atoms with Gasteiger partial charge in [0.2, 0.25) is 0 Å². The Balaban J connectivity index is 2.03. The lowest BCUT2D eigenvalue weighted by Crippen LogP contribution is -2.45. The lowest BCUT2D eigenvalue weighted by atomic mass is 10.0. The third kappa shape index (κ3) is 4.82. The fourth-order valence-corrected chi connectivity index (χ4v) is 2.22. The number of furan rings is 1. The molecule has 1 aromatic heterocycles. The minimum Gasteiger partial charge on any atom is -0.496 e. The molecule has 0 aliphatic heterocycles. The van der Waals surface area contributed by atoms with E-state index in [9.17, 15) is 14.0 Å². The highest BCUT2D eigenvalue weighted by atomic mass is 19.1. The fourth-order valence-electron chi connectivity index (χ4n) is 2.22. The molecule has 134 valence electrons. The van der Waals surface area contributed by atoms with Gasteiger partial charge in [-0.05, 0) is 36.2 Å². The maximum Gasteiger partial charge on any atom is 0.329 e. The van der Waals surface area contributed by atoms with Gasteiger partial charge in [-0.3, -0.25) is 4.79 Å². The number of hydrogen-bond acceptors (Lipinski definition) is 5. The summed E-state index contributed by atoms with van der Waals surface area (Å²) >= 11 is 0. The van der Waals surface area contributed by atoms with Crippen LogP contribution >= 0.6 is 0 Å². The van der Waals surface area contributed by atoms with Crippen molar-refractivity contribution < 1.29 is 27.9 Å². The number of rotatable bonds is 7. The van der Waals surface area contributed by atoms with E-state index < -0.39 is 23.7 Å². The van der Waals surface area contributed by atoms with Gasteiger partial charge in [-0.25, -0.2) is 9.18 Å². The van der Waals surface area contributed by atoms with Gasteiger partial charge >= 0.3 is 5.97 Å². The van der Waals surface area contributed by atoms with E-state index in [1.165, 1.54) is 37.6 Å². The molecule has 0 spiro atoms. The molecule has 1 heterocycles. The molecule has 0 aliphatic carbocycles. The molecule has 0 bridgehead atoms. The number of ether oxygens (including phenoxy) is 2. The van der Waals surface area contributed by atoms with E-state index in [2.05, 4.69) is 5.32 Å². The van der Waals surface area contributed by atoms with Crippen LogP contribution in [0.5, 0.6) is 5.75 Å².